The Labute approximate surface area is 212 Å². The second kappa shape index (κ2) is 11.9. The summed E-state index contributed by atoms with van der Waals surface area (Å²) in [6.45, 7) is 2.64. The molecule has 2 amide bonds. The molecule has 36 heavy (non-hydrogen) atoms. The molecule has 182 valence electrons. The number of anilines is 1. The van der Waals surface area contributed by atoms with Crippen molar-refractivity contribution in [2.75, 3.05) is 11.9 Å². The summed E-state index contributed by atoms with van der Waals surface area (Å²) in [7, 11) is 0. The van der Waals surface area contributed by atoms with E-state index in [1.165, 1.54) is 11.0 Å². The van der Waals surface area contributed by atoms with Crippen LogP contribution in [0.15, 0.2) is 89.3 Å². The van der Waals surface area contributed by atoms with Crippen LogP contribution in [0.3, 0.4) is 0 Å². The molecule has 0 aliphatic carbocycles. The van der Waals surface area contributed by atoms with Crippen LogP contribution in [-0.2, 0) is 27.4 Å². The standard InChI is InChI=1S/C26H23N5O4S/c1-2-35-25(34)20-7-9-21(10-8-20)30-23(32)13-22-24(33)31(17-19-6-4-12-28-15-19)26(36-22)29-16-18-5-3-11-27-14-18/h3-15H,2,16-17H2,1H3,(H,30,32). The zero-order valence-electron chi connectivity index (χ0n) is 19.5. The second-order valence-electron chi connectivity index (χ2n) is 7.61. The van der Waals surface area contributed by atoms with E-state index in [2.05, 4.69) is 20.3 Å². The number of hydrogen-bond donors (Lipinski definition) is 1. The quantitative estimate of drug-likeness (QED) is 0.369. The highest BCUT2D eigenvalue weighted by Crippen LogP contribution is 2.32. The molecule has 3 heterocycles. The molecule has 10 heteroatoms. The lowest BCUT2D eigenvalue weighted by Crippen LogP contribution is -2.29. The summed E-state index contributed by atoms with van der Waals surface area (Å²) in [6.07, 6.45) is 8.01. The first-order valence-electron chi connectivity index (χ1n) is 11.2. The van der Waals surface area contributed by atoms with E-state index in [9.17, 15) is 14.4 Å². The first-order chi connectivity index (χ1) is 17.5. The molecule has 0 radical (unpaired) electrons. The minimum absolute atomic E-state index is 0.254. The monoisotopic (exact) mass is 501 g/mol. The molecular weight excluding hydrogens is 478 g/mol. The minimum atomic E-state index is -0.468. The number of aromatic nitrogens is 2. The van der Waals surface area contributed by atoms with Crippen molar-refractivity contribution in [1.29, 1.82) is 0 Å². The van der Waals surface area contributed by atoms with Crippen LogP contribution < -0.4 is 5.32 Å². The lowest BCUT2D eigenvalue weighted by atomic mass is 10.2. The molecule has 0 unspecified atom stereocenters. The molecule has 1 aliphatic rings. The van der Waals surface area contributed by atoms with Crippen molar-refractivity contribution < 1.29 is 19.1 Å². The molecular formula is C26H23N5O4S. The highest BCUT2D eigenvalue weighted by Gasteiger charge is 2.34. The lowest BCUT2D eigenvalue weighted by Gasteiger charge is -2.15. The van der Waals surface area contributed by atoms with Gasteiger partial charge in [0.05, 0.1) is 30.2 Å². The molecule has 1 N–H and O–H groups in total. The summed E-state index contributed by atoms with van der Waals surface area (Å²) in [5, 5.41) is 3.21. The summed E-state index contributed by atoms with van der Waals surface area (Å²) in [5.74, 6) is -1.22. The van der Waals surface area contributed by atoms with Gasteiger partial charge < -0.3 is 10.1 Å². The average Bonchev–Trinajstić information content (AvgIpc) is 3.18. The van der Waals surface area contributed by atoms with Crippen LogP contribution in [0.1, 0.15) is 28.4 Å². The Morgan fingerprint density at radius 2 is 1.75 bits per heavy atom. The summed E-state index contributed by atoms with van der Waals surface area (Å²) in [4.78, 5) is 52.3. The van der Waals surface area contributed by atoms with Gasteiger partial charge in [0, 0.05) is 36.6 Å². The Bertz CT molecular complexity index is 1290. The number of thioether (sulfide) groups is 1. The fraction of sp³-hybridized carbons (Fsp3) is 0.154. The van der Waals surface area contributed by atoms with Crippen molar-refractivity contribution in [2.24, 2.45) is 4.99 Å². The van der Waals surface area contributed by atoms with Crippen LogP contribution in [0.4, 0.5) is 5.69 Å². The van der Waals surface area contributed by atoms with Gasteiger partial charge in [0.25, 0.3) is 5.91 Å². The van der Waals surface area contributed by atoms with Gasteiger partial charge in [-0.15, -0.1) is 0 Å². The van der Waals surface area contributed by atoms with Crippen molar-refractivity contribution in [1.82, 2.24) is 14.9 Å². The minimum Gasteiger partial charge on any atom is -0.462 e. The fourth-order valence-electron chi connectivity index (χ4n) is 3.29. The third-order valence-electron chi connectivity index (χ3n) is 5.00. The SMILES string of the molecule is CCOC(=O)c1ccc(NC(=O)C=C2SC(=NCc3cccnc3)N(Cc3cccnc3)C2=O)cc1. The van der Waals surface area contributed by atoms with Gasteiger partial charge in [0.1, 0.15) is 0 Å². The maximum Gasteiger partial charge on any atom is 0.338 e. The zero-order chi connectivity index (χ0) is 25.3. The first-order valence-corrected chi connectivity index (χ1v) is 12.0. The number of carbonyl (C=O) groups excluding carboxylic acids is 3. The number of benzene rings is 1. The largest absolute Gasteiger partial charge is 0.462 e. The number of esters is 1. The number of nitrogens with zero attached hydrogens (tertiary/aromatic N) is 4. The summed E-state index contributed by atoms with van der Waals surface area (Å²) >= 11 is 1.14. The van der Waals surface area contributed by atoms with E-state index >= 15 is 0 Å². The van der Waals surface area contributed by atoms with Crippen molar-refractivity contribution in [3.8, 4) is 0 Å². The van der Waals surface area contributed by atoms with Gasteiger partial charge in [-0.25, -0.2) is 4.79 Å². The molecule has 1 aliphatic heterocycles. The van der Waals surface area contributed by atoms with Gasteiger partial charge in [-0.05, 0) is 66.2 Å². The highest BCUT2D eigenvalue weighted by molar-refractivity contribution is 8.18. The van der Waals surface area contributed by atoms with Gasteiger partial charge in [-0.2, -0.15) is 0 Å². The molecule has 0 bridgehead atoms. The summed E-state index contributed by atoms with van der Waals surface area (Å²) < 4.78 is 4.96. The molecule has 0 atom stereocenters. The van der Waals surface area contributed by atoms with Gasteiger partial charge in [-0.3, -0.25) is 29.4 Å². The van der Waals surface area contributed by atoms with Crippen LogP contribution in [-0.4, -0.2) is 44.4 Å². The molecule has 4 rings (SSSR count). The Kier molecular flexibility index (Phi) is 8.20. The first kappa shape index (κ1) is 24.8. The van der Waals surface area contributed by atoms with E-state index in [-0.39, 0.29) is 24.0 Å². The molecule has 0 spiro atoms. The smallest absolute Gasteiger partial charge is 0.338 e. The fourth-order valence-corrected chi connectivity index (χ4v) is 4.24. The normalized spacial score (nSPS) is 15.4. The molecule has 1 fully saturated rings. The Hall–Kier alpha value is -4.31. The number of ether oxygens (including phenoxy) is 1. The number of rotatable bonds is 8. The van der Waals surface area contributed by atoms with E-state index in [4.69, 9.17) is 4.74 Å². The topological polar surface area (TPSA) is 114 Å². The average molecular weight is 502 g/mol. The number of pyridine rings is 2. The van der Waals surface area contributed by atoms with Crippen molar-refractivity contribution >= 4 is 40.4 Å². The van der Waals surface area contributed by atoms with Crippen LogP contribution in [0, 0.1) is 0 Å². The van der Waals surface area contributed by atoms with E-state index in [1.54, 1.807) is 62.0 Å². The lowest BCUT2D eigenvalue weighted by molar-refractivity contribution is -0.123. The highest BCUT2D eigenvalue weighted by atomic mass is 32.2. The maximum atomic E-state index is 13.2. The van der Waals surface area contributed by atoms with Crippen LogP contribution >= 0.6 is 11.8 Å². The van der Waals surface area contributed by atoms with Crippen LogP contribution in [0.25, 0.3) is 0 Å². The molecule has 0 saturated carbocycles. The third kappa shape index (κ3) is 6.42. The van der Waals surface area contributed by atoms with Crippen molar-refractivity contribution in [2.45, 2.75) is 20.0 Å². The number of hydrogen-bond acceptors (Lipinski definition) is 8. The predicted octanol–water partition coefficient (Wildman–Crippen LogP) is 3.81. The van der Waals surface area contributed by atoms with Gasteiger partial charge >= 0.3 is 5.97 Å². The molecule has 9 nitrogen and oxygen atoms in total. The number of amidine groups is 1. The Morgan fingerprint density at radius 1 is 1.06 bits per heavy atom. The second-order valence-corrected chi connectivity index (χ2v) is 8.62. The van der Waals surface area contributed by atoms with Gasteiger partial charge in [0.2, 0.25) is 5.91 Å². The van der Waals surface area contributed by atoms with E-state index < -0.39 is 11.9 Å². The maximum absolute atomic E-state index is 13.2. The van der Waals surface area contributed by atoms with Gasteiger partial charge in [-0.1, -0.05) is 12.1 Å². The number of aliphatic imine (C=N–C) groups is 1. The van der Waals surface area contributed by atoms with Crippen LogP contribution in [0.2, 0.25) is 0 Å². The molecule has 1 aromatic carbocycles. The zero-order valence-corrected chi connectivity index (χ0v) is 20.3. The molecule has 1 saturated heterocycles. The van der Waals surface area contributed by atoms with Crippen molar-refractivity contribution in [3.05, 3.63) is 101 Å². The number of carbonyl (C=O) groups is 3. The summed E-state index contributed by atoms with van der Waals surface area (Å²) in [6, 6.07) is 13.7. The van der Waals surface area contributed by atoms with E-state index in [0.717, 1.165) is 22.9 Å². The van der Waals surface area contributed by atoms with E-state index in [0.29, 0.717) is 23.0 Å². The van der Waals surface area contributed by atoms with Gasteiger partial charge in [0.15, 0.2) is 5.17 Å². The summed E-state index contributed by atoms with van der Waals surface area (Å²) in [5.41, 5.74) is 2.61. The Morgan fingerprint density at radius 3 is 2.39 bits per heavy atom. The van der Waals surface area contributed by atoms with E-state index in [1.807, 2.05) is 18.2 Å². The Balaban J connectivity index is 1.50. The molecule has 3 aromatic rings. The third-order valence-corrected chi connectivity index (χ3v) is 6.04. The number of amides is 2. The number of nitrogens with one attached hydrogen (secondary N) is 1. The van der Waals surface area contributed by atoms with Crippen molar-refractivity contribution in [3.63, 3.8) is 0 Å². The predicted molar refractivity (Wildman–Crippen MR) is 137 cm³/mol. The van der Waals surface area contributed by atoms with Crippen LogP contribution in [0.5, 0.6) is 0 Å². The molecule has 2 aromatic heterocycles.